The molecule has 1 unspecified atom stereocenters. The van der Waals surface area contributed by atoms with Gasteiger partial charge in [-0.3, -0.25) is 9.59 Å². The molecule has 1 amide bonds. The average Bonchev–Trinajstić information content (AvgIpc) is 2.83. The van der Waals surface area contributed by atoms with Gasteiger partial charge in [0.1, 0.15) is 0 Å². The first-order valence-corrected chi connectivity index (χ1v) is 5.46. The minimum atomic E-state index is -0.251. The molecular weight excluding hydrogens is 204 g/mol. The monoisotopic (exact) mass is 220 g/mol. The zero-order chi connectivity index (χ0) is 11.8. The molecule has 2 N–H and O–H groups in total. The second kappa shape index (κ2) is 3.77. The lowest BCUT2D eigenvalue weighted by Crippen LogP contribution is -2.27. The van der Waals surface area contributed by atoms with Gasteiger partial charge in [0.25, 0.3) is 5.91 Å². The van der Waals surface area contributed by atoms with Crippen molar-refractivity contribution in [2.24, 2.45) is 11.3 Å². The molecule has 16 heavy (non-hydrogen) atoms. The largest absolute Gasteiger partial charge is 0.352 e. The van der Waals surface area contributed by atoms with E-state index in [1.807, 2.05) is 0 Å². The summed E-state index contributed by atoms with van der Waals surface area (Å²) in [6.07, 6.45) is 2.64. The van der Waals surface area contributed by atoms with E-state index in [0.29, 0.717) is 23.4 Å². The molecule has 0 aliphatic heterocycles. The number of carbonyl (C=O) groups is 1. The molecule has 1 fully saturated rings. The van der Waals surface area contributed by atoms with Gasteiger partial charge >= 0.3 is 0 Å². The van der Waals surface area contributed by atoms with Crippen LogP contribution in [0.3, 0.4) is 0 Å². The van der Waals surface area contributed by atoms with E-state index in [-0.39, 0.29) is 11.5 Å². The summed E-state index contributed by atoms with van der Waals surface area (Å²) in [6, 6.07) is 2.92. The van der Waals surface area contributed by atoms with Gasteiger partial charge in [-0.05, 0) is 23.8 Å². The third-order valence-corrected chi connectivity index (χ3v) is 3.26. The van der Waals surface area contributed by atoms with Gasteiger partial charge in [-0.25, -0.2) is 0 Å². The number of hydrogen-bond acceptors (Lipinski definition) is 2. The van der Waals surface area contributed by atoms with Crippen LogP contribution in [0.25, 0.3) is 0 Å². The summed E-state index contributed by atoms with van der Waals surface area (Å²) >= 11 is 0. The second-order valence-electron chi connectivity index (χ2n) is 5.04. The highest BCUT2D eigenvalue weighted by atomic mass is 16.2. The molecule has 1 aliphatic rings. The van der Waals surface area contributed by atoms with E-state index in [9.17, 15) is 9.59 Å². The highest BCUT2D eigenvalue weighted by Gasteiger charge is 2.45. The Bertz CT molecular complexity index is 462. The van der Waals surface area contributed by atoms with E-state index < -0.39 is 0 Å². The lowest BCUT2D eigenvalue weighted by atomic mass is 10.1. The number of amides is 1. The van der Waals surface area contributed by atoms with Crippen molar-refractivity contribution < 1.29 is 4.79 Å². The normalized spacial score (nSPS) is 21.5. The Morgan fingerprint density at radius 1 is 1.62 bits per heavy atom. The molecule has 1 aromatic rings. The highest BCUT2D eigenvalue weighted by Crippen LogP contribution is 2.50. The number of aromatic nitrogens is 1. The molecule has 0 saturated heterocycles. The van der Waals surface area contributed by atoms with Crippen molar-refractivity contribution >= 4 is 5.91 Å². The molecule has 2 rings (SSSR count). The van der Waals surface area contributed by atoms with Crippen molar-refractivity contribution in [2.75, 3.05) is 6.54 Å². The van der Waals surface area contributed by atoms with E-state index in [1.165, 1.54) is 12.3 Å². The van der Waals surface area contributed by atoms with Crippen LogP contribution in [0.15, 0.2) is 23.1 Å². The fraction of sp³-hybridized carbons (Fsp3) is 0.500. The van der Waals surface area contributed by atoms with E-state index >= 15 is 0 Å². The van der Waals surface area contributed by atoms with Crippen molar-refractivity contribution in [2.45, 2.75) is 20.3 Å². The summed E-state index contributed by atoms with van der Waals surface area (Å²) in [6.45, 7) is 5.08. The molecule has 0 radical (unpaired) electrons. The standard InChI is InChI=1S/C12H16N2O2/c1-12(2)6-9(12)7-14-11(16)8-3-4-13-10(15)5-8/h3-5,9H,6-7H2,1-2H3,(H,13,15)(H,14,16). The van der Waals surface area contributed by atoms with Crippen LogP contribution >= 0.6 is 0 Å². The zero-order valence-electron chi connectivity index (χ0n) is 9.54. The Kier molecular flexibility index (Phi) is 2.58. The molecule has 1 aromatic heterocycles. The van der Waals surface area contributed by atoms with Gasteiger partial charge < -0.3 is 10.3 Å². The molecular formula is C12H16N2O2. The summed E-state index contributed by atoms with van der Waals surface area (Å²) in [4.78, 5) is 25.2. The maximum atomic E-state index is 11.7. The predicted octanol–water partition coefficient (Wildman–Crippen LogP) is 1.15. The number of pyridine rings is 1. The second-order valence-corrected chi connectivity index (χ2v) is 5.04. The number of hydrogen-bond donors (Lipinski definition) is 2. The first kappa shape index (κ1) is 10.9. The van der Waals surface area contributed by atoms with E-state index in [0.717, 1.165) is 6.42 Å². The van der Waals surface area contributed by atoms with Crippen LogP contribution in [0, 0.1) is 11.3 Å². The zero-order valence-corrected chi connectivity index (χ0v) is 9.54. The average molecular weight is 220 g/mol. The van der Waals surface area contributed by atoms with E-state index in [2.05, 4.69) is 24.1 Å². The fourth-order valence-electron chi connectivity index (χ4n) is 1.83. The van der Waals surface area contributed by atoms with Gasteiger partial charge in [0.15, 0.2) is 0 Å². The van der Waals surface area contributed by atoms with Gasteiger partial charge in [0.2, 0.25) is 5.56 Å². The quantitative estimate of drug-likeness (QED) is 0.802. The third-order valence-electron chi connectivity index (χ3n) is 3.26. The van der Waals surface area contributed by atoms with Crippen molar-refractivity contribution in [1.29, 1.82) is 0 Å². The van der Waals surface area contributed by atoms with Crippen molar-refractivity contribution in [1.82, 2.24) is 10.3 Å². The summed E-state index contributed by atoms with van der Waals surface area (Å²) in [7, 11) is 0. The molecule has 1 atom stereocenters. The van der Waals surface area contributed by atoms with Gasteiger partial charge in [-0.1, -0.05) is 13.8 Å². The summed E-state index contributed by atoms with van der Waals surface area (Å²) < 4.78 is 0. The third kappa shape index (κ3) is 2.32. The summed E-state index contributed by atoms with van der Waals surface area (Å²) in [5, 5.41) is 2.85. The van der Waals surface area contributed by atoms with Crippen LogP contribution < -0.4 is 10.9 Å². The molecule has 0 bridgehead atoms. The lowest BCUT2D eigenvalue weighted by molar-refractivity contribution is 0.0950. The minimum Gasteiger partial charge on any atom is -0.352 e. The SMILES string of the molecule is CC1(C)CC1CNC(=O)c1cc[nH]c(=O)c1. The maximum absolute atomic E-state index is 11.7. The van der Waals surface area contributed by atoms with Crippen LogP contribution in [0.4, 0.5) is 0 Å². The Labute approximate surface area is 94.1 Å². The molecule has 1 saturated carbocycles. The minimum absolute atomic E-state index is 0.172. The smallest absolute Gasteiger partial charge is 0.251 e. The predicted molar refractivity (Wildman–Crippen MR) is 61.3 cm³/mol. The van der Waals surface area contributed by atoms with Gasteiger partial charge in [-0.2, -0.15) is 0 Å². The van der Waals surface area contributed by atoms with Crippen LogP contribution in [-0.2, 0) is 0 Å². The van der Waals surface area contributed by atoms with Crippen molar-refractivity contribution in [3.8, 4) is 0 Å². The van der Waals surface area contributed by atoms with E-state index in [4.69, 9.17) is 0 Å². The molecule has 4 nitrogen and oxygen atoms in total. The molecule has 0 aromatic carbocycles. The molecule has 0 spiro atoms. The Morgan fingerprint density at radius 2 is 2.31 bits per heavy atom. The van der Waals surface area contributed by atoms with E-state index in [1.54, 1.807) is 6.07 Å². The Morgan fingerprint density at radius 3 is 2.88 bits per heavy atom. The van der Waals surface area contributed by atoms with Crippen molar-refractivity contribution in [3.63, 3.8) is 0 Å². The summed E-state index contributed by atoms with van der Waals surface area (Å²) in [5.41, 5.74) is 0.531. The molecule has 1 heterocycles. The van der Waals surface area contributed by atoms with Crippen LogP contribution in [-0.4, -0.2) is 17.4 Å². The number of aromatic amines is 1. The number of rotatable bonds is 3. The Balaban J connectivity index is 1.92. The van der Waals surface area contributed by atoms with Crippen molar-refractivity contribution in [3.05, 3.63) is 34.2 Å². The first-order chi connectivity index (χ1) is 7.49. The van der Waals surface area contributed by atoms with Gasteiger partial charge in [-0.15, -0.1) is 0 Å². The van der Waals surface area contributed by atoms with Crippen LogP contribution in [0.1, 0.15) is 30.6 Å². The number of nitrogens with one attached hydrogen (secondary N) is 2. The molecule has 86 valence electrons. The molecule has 4 heteroatoms. The summed E-state index contributed by atoms with van der Waals surface area (Å²) in [5.74, 6) is 0.396. The number of carbonyl (C=O) groups excluding carboxylic acids is 1. The lowest BCUT2D eigenvalue weighted by Gasteiger charge is -2.06. The van der Waals surface area contributed by atoms with Crippen LogP contribution in [0.5, 0.6) is 0 Å². The number of H-pyrrole nitrogens is 1. The fourth-order valence-corrected chi connectivity index (χ4v) is 1.83. The van der Waals surface area contributed by atoms with Gasteiger partial charge in [0.05, 0.1) is 0 Å². The van der Waals surface area contributed by atoms with Gasteiger partial charge in [0, 0.05) is 24.4 Å². The first-order valence-electron chi connectivity index (χ1n) is 5.46. The van der Waals surface area contributed by atoms with Crippen LogP contribution in [0.2, 0.25) is 0 Å². The Hall–Kier alpha value is -1.58. The highest BCUT2D eigenvalue weighted by molar-refractivity contribution is 5.93. The molecule has 1 aliphatic carbocycles. The topological polar surface area (TPSA) is 62.0 Å². The maximum Gasteiger partial charge on any atom is 0.251 e.